The molecule has 1 aliphatic rings. The summed E-state index contributed by atoms with van der Waals surface area (Å²) in [7, 11) is 1.69. The third kappa shape index (κ3) is 4.18. The van der Waals surface area contributed by atoms with E-state index in [9.17, 15) is 4.39 Å². The van der Waals surface area contributed by atoms with Gasteiger partial charge in [-0.25, -0.2) is 4.39 Å². The molecule has 1 fully saturated rings. The van der Waals surface area contributed by atoms with Gasteiger partial charge in [0.1, 0.15) is 5.82 Å². The van der Waals surface area contributed by atoms with Crippen LogP contribution >= 0.6 is 0 Å². The molecule has 1 aliphatic heterocycles. The van der Waals surface area contributed by atoms with E-state index in [-0.39, 0.29) is 5.82 Å². The molecule has 1 unspecified atom stereocenters. The lowest BCUT2D eigenvalue weighted by atomic mass is 9.99. The lowest BCUT2D eigenvalue weighted by Crippen LogP contribution is -2.34. The molecule has 20 heavy (non-hydrogen) atoms. The van der Waals surface area contributed by atoms with Gasteiger partial charge in [-0.05, 0) is 36.5 Å². The van der Waals surface area contributed by atoms with E-state index in [1.165, 1.54) is 6.42 Å². The van der Waals surface area contributed by atoms with Crippen LogP contribution in [0.1, 0.15) is 25.3 Å². The normalized spacial score (nSPS) is 19.4. The highest BCUT2D eigenvalue weighted by molar-refractivity contribution is 5.50. The highest BCUT2D eigenvalue weighted by atomic mass is 19.1. The summed E-state index contributed by atoms with van der Waals surface area (Å²) in [5, 5.41) is 3.30. The average molecular weight is 280 g/mol. The Morgan fingerprint density at radius 3 is 3.05 bits per heavy atom. The van der Waals surface area contributed by atoms with Gasteiger partial charge >= 0.3 is 0 Å². The Kier molecular flexibility index (Phi) is 5.80. The monoisotopic (exact) mass is 280 g/mol. The number of ether oxygens (including phenoxy) is 1. The van der Waals surface area contributed by atoms with Crippen molar-refractivity contribution in [2.45, 2.75) is 26.3 Å². The predicted octanol–water partition coefficient (Wildman–Crippen LogP) is 2.80. The van der Waals surface area contributed by atoms with Gasteiger partial charge in [0.25, 0.3) is 0 Å². The number of rotatable bonds is 6. The van der Waals surface area contributed by atoms with Crippen molar-refractivity contribution >= 4 is 5.69 Å². The van der Waals surface area contributed by atoms with Crippen LogP contribution in [0.2, 0.25) is 0 Å². The predicted molar refractivity (Wildman–Crippen MR) is 80.6 cm³/mol. The number of piperidine rings is 1. The third-order valence-electron chi connectivity index (χ3n) is 3.82. The van der Waals surface area contributed by atoms with Gasteiger partial charge < -0.3 is 15.0 Å². The molecule has 0 spiro atoms. The van der Waals surface area contributed by atoms with Gasteiger partial charge in [0.15, 0.2) is 0 Å². The fourth-order valence-electron chi connectivity index (χ4n) is 2.73. The first kappa shape index (κ1) is 15.3. The zero-order valence-corrected chi connectivity index (χ0v) is 12.5. The van der Waals surface area contributed by atoms with E-state index in [1.807, 2.05) is 12.1 Å². The molecule has 1 saturated heterocycles. The molecular formula is C16H25FN2O. The molecule has 0 radical (unpaired) electrons. The van der Waals surface area contributed by atoms with Crippen molar-refractivity contribution in [3.05, 3.63) is 29.6 Å². The van der Waals surface area contributed by atoms with Gasteiger partial charge in [0.2, 0.25) is 0 Å². The van der Waals surface area contributed by atoms with E-state index in [0.29, 0.717) is 12.5 Å². The highest BCUT2D eigenvalue weighted by Gasteiger charge is 2.19. The summed E-state index contributed by atoms with van der Waals surface area (Å²) < 4.78 is 19.0. The van der Waals surface area contributed by atoms with Crippen LogP contribution in [0, 0.1) is 11.7 Å². The van der Waals surface area contributed by atoms with Crippen LogP contribution in [0.25, 0.3) is 0 Å². The molecule has 1 N–H and O–H groups in total. The topological polar surface area (TPSA) is 24.5 Å². The molecule has 1 heterocycles. The van der Waals surface area contributed by atoms with Gasteiger partial charge in [0, 0.05) is 33.3 Å². The minimum atomic E-state index is -0.111. The van der Waals surface area contributed by atoms with Crippen LogP contribution in [-0.2, 0) is 11.3 Å². The molecule has 112 valence electrons. The molecule has 0 aromatic heterocycles. The smallest absolute Gasteiger partial charge is 0.146 e. The number of benzene rings is 1. The number of nitrogens with one attached hydrogen (secondary N) is 1. The Balaban J connectivity index is 2.00. The van der Waals surface area contributed by atoms with Crippen LogP contribution in [0.5, 0.6) is 0 Å². The first-order valence-corrected chi connectivity index (χ1v) is 7.43. The van der Waals surface area contributed by atoms with Crippen molar-refractivity contribution in [1.29, 1.82) is 0 Å². The van der Waals surface area contributed by atoms with Crippen molar-refractivity contribution in [1.82, 2.24) is 5.32 Å². The zero-order valence-electron chi connectivity index (χ0n) is 12.5. The molecule has 1 aromatic carbocycles. The average Bonchev–Trinajstić information content (AvgIpc) is 2.45. The zero-order chi connectivity index (χ0) is 14.4. The van der Waals surface area contributed by atoms with Crippen molar-refractivity contribution in [2.75, 3.05) is 38.3 Å². The van der Waals surface area contributed by atoms with Gasteiger partial charge in [-0.1, -0.05) is 13.0 Å². The summed E-state index contributed by atoms with van der Waals surface area (Å²) in [5.41, 5.74) is 1.87. The quantitative estimate of drug-likeness (QED) is 0.811. The minimum absolute atomic E-state index is 0.111. The number of hydrogen-bond donors (Lipinski definition) is 1. The lowest BCUT2D eigenvalue weighted by molar-refractivity contribution is 0.199. The van der Waals surface area contributed by atoms with Gasteiger partial charge in [-0.2, -0.15) is 0 Å². The van der Waals surface area contributed by atoms with Crippen LogP contribution in [0.4, 0.5) is 10.1 Å². The molecule has 0 saturated carbocycles. The number of hydrogen-bond acceptors (Lipinski definition) is 3. The first-order chi connectivity index (χ1) is 9.70. The van der Waals surface area contributed by atoms with Gasteiger partial charge in [-0.15, -0.1) is 0 Å². The fourth-order valence-corrected chi connectivity index (χ4v) is 2.73. The third-order valence-corrected chi connectivity index (χ3v) is 3.82. The lowest BCUT2D eigenvalue weighted by Gasteiger charge is -2.33. The Morgan fingerprint density at radius 2 is 2.30 bits per heavy atom. The standard InChI is InChI=1S/C16H25FN2O/c1-13-4-3-8-19(12-13)16-10-14(5-6-15(16)17)11-18-7-9-20-2/h5-6,10,13,18H,3-4,7-9,11-12H2,1-2H3. The molecule has 0 bridgehead atoms. The van der Waals surface area contributed by atoms with E-state index >= 15 is 0 Å². The van der Waals surface area contributed by atoms with Crippen molar-refractivity contribution in [2.24, 2.45) is 5.92 Å². The summed E-state index contributed by atoms with van der Waals surface area (Å²) in [6, 6.07) is 5.42. The Morgan fingerprint density at radius 1 is 1.45 bits per heavy atom. The maximum Gasteiger partial charge on any atom is 0.146 e. The largest absolute Gasteiger partial charge is 0.383 e. The van der Waals surface area contributed by atoms with Gasteiger partial charge in [-0.3, -0.25) is 0 Å². The van der Waals surface area contributed by atoms with E-state index in [4.69, 9.17) is 4.74 Å². The Hall–Kier alpha value is -1.13. The second-order valence-electron chi connectivity index (χ2n) is 5.65. The van der Waals surface area contributed by atoms with Crippen molar-refractivity contribution in [3.63, 3.8) is 0 Å². The summed E-state index contributed by atoms with van der Waals surface area (Å²) in [4.78, 5) is 2.18. The van der Waals surface area contributed by atoms with Crippen molar-refractivity contribution < 1.29 is 9.13 Å². The summed E-state index contributed by atoms with van der Waals surface area (Å²) in [6.45, 7) is 6.40. The Labute approximate surface area is 121 Å². The maximum absolute atomic E-state index is 14.0. The van der Waals surface area contributed by atoms with E-state index < -0.39 is 0 Å². The second kappa shape index (κ2) is 7.60. The van der Waals surface area contributed by atoms with Crippen LogP contribution in [0.3, 0.4) is 0 Å². The molecule has 0 amide bonds. The molecule has 2 rings (SSSR count). The molecule has 0 aliphatic carbocycles. The second-order valence-corrected chi connectivity index (χ2v) is 5.65. The van der Waals surface area contributed by atoms with Crippen LogP contribution in [-0.4, -0.2) is 33.4 Å². The van der Waals surface area contributed by atoms with Crippen LogP contribution in [0.15, 0.2) is 18.2 Å². The maximum atomic E-state index is 14.0. The fraction of sp³-hybridized carbons (Fsp3) is 0.625. The number of methoxy groups -OCH3 is 1. The highest BCUT2D eigenvalue weighted by Crippen LogP contribution is 2.26. The molecule has 4 heteroatoms. The van der Waals surface area contributed by atoms with Crippen LogP contribution < -0.4 is 10.2 Å². The minimum Gasteiger partial charge on any atom is -0.383 e. The number of nitrogens with zero attached hydrogens (tertiary/aromatic N) is 1. The molecule has 1 atom stereocenters. The molecule has 1 aromatic rings. The molecule has 3 nitrogen and oxygen atoms in total. The summed E-state index contributed by atoms with van der Waals surface area (Å²) in [6.07, 6.45) is 2.40. The number of anilines is 1. The molecular weight excluding hydrogens is 255 g/mol. The van der Waals surface area contributed by atoms with E-state index in [1.54, 1.807) is 13.2 Å². The van der Waals surface area contributed by atoms with E-state index in [2.05, 4.69) is 17.1 Å². The van der Waals surface area contributed by atoms with Gasteiger partial charge in [0.05, 0.1) is 12.3 Å². The van der Waals surface area contributed by atoms with E-state index in [0.717, 1.165) is 43.9 Å². The first-order valence-electron chi connectivity index (χ1n) is 7.43. The summed E-state index contributed by atoms with van der Waals surface area (Å²) in [5.74, 6) is 0.534. The van der Waals surface area contributed by atoms with Crippen molar-refractivity contribution in [3.8, 4) is 0 Å². The summed E-state index contributed by atoms with van der Waals surface area (Å²) >= 11 is 0. The number of halogens is 1. The SMILES string of the molecule is COCCNCc1ccc(F)c(N2CCCC(C)C2)c1. The Bertz CT molecular complexity index is 425.